The Morgan fingerprint density at radius 2 is 2.00 bits per heavy atom. The fourth-order valence-electron chi connectivity index (χ4n) is 2.91. The predicted octanol–water partition coefficient (Wildman–Crippen LogP) is 3.74. The van der Waals surface area contributed by atoms with Gasteiger partial charge in [-0.05, 0) is 66.1 Å². The number of anilines is 1. The van der Waals surface area contributed by atoms with Crippen LogP contribution >= 0.6 is 22.6 Å². The zero-order valence-electron chi connectivity index (χ0n) is 12.9. The summed E-state index contributed by atoms with van der Waals surface area (Å²) >= 11 is 2.27. The van der Waals surface area contributed by atoms with Crippen LogP contribution in [0.5, 0.6) is 0 Å². The van der Waals surface area contributed by atoms with Gasteiger partial charge in [0.05, 0.1) is 12.6 Å². The normalized spacial score (nSPS) is 17.1. The molecule has 0 spiro atoms. The first kappa shape index (κ1) is 17.1. The lowest BCUT2D eigenvalue weighted by molar-refractivity contribution is -0.120. The van der Waals surface area contributed by atoms with E-state index in [-0.39, 0.29) is 12.5 Å². The van der Waals surface area contributed by atoms with Crippen molar-refractivity contribution in [1.29, 1.82) is 5.26 Å². The molecule has 5 heteroatoms. The third-order valence-electron chi connectivity index (χ3n) is 4.18. The molecular formula is C17H22IN3O. The van der Waals surface area contributed by atoms with Gasteiger partial charge in [-0.1, -0.05) is 25.7 Å². The van der Waals surface area contributed by atoms with E-state index in [4.69, 9.17) is 0 Å². The second-order valence-electron chi connectivity index (χ2n) is 5.97. The minimum Gasteiger partial charge on any atom is -0.376 e. The van der Waals surface area contributed by atoms with Crippen molar-refractivity contribution < 1.29 is 4.79 Å². The molecule has 2 N–H and O–H groups in total. The van der Waals surface area contributed by atoms with Gasteiger partial charge in [-0.15, -0.1) is 0 Å². The molecule has 0 saturated heterocycles. The van der Waals surface area contributed by atoms with Crippen LogP contribution in [0.3, 0.4) is 0 Å². The molecule has 1 saturated carbocycles. The molecular weight excluding hydrogens is 389 g/mol. The zero-order valence-corrected chi connectivity index (χ0v) is 15.1. The first-order valence-corrected chi connectivity index (χ1v) is 8.85. The molecule has 118 valence electrons. The van der Waals surface area contributed by atoms with Crippen LogP contribution in [0.15, 0.2) is 18.2 Å². The van der Waals surface area contributed by atoms with Crippen molar-refractivity contribution in [3.05, 3.63) is 27.3 Å². The standard InChI is InChI=1S/C17H22IN3O/c1-13-10-14(18)6-7-15(13)20-11-16(22)21-17(12-19)8-4-2-3-5-9-17/h6-7,10,20H,2-5,8-9,11H2,1H3,(H,21,22). The topological polar surface area (TPSA) is 64.9 Å². The van der Waals surface area contributed by atoms with Crippen LogP contribution in [-0.2, 0) is 4.79 Å². The van der Waals surface area contributed by atoms with E-state index >= 15 is 0 Å². The van der Waals surface area contributed by atoms with Gasteiger partial charge in [0, 0.05) is 9.26 Å². The molecule has 2 rings (SSSR count). The lowest BCUT2D eigenvalue weighted by Gasteiger charge is -2.26. The van der Waals surface area contributed by atoms with Crippen molar-refractivity contribution in [2.24, 2.45) is 0 Å². The molecule has 1 fully saturated rings. The van der Waals surface area contributed by atoms with E-state index in [2.05, 4.69) is 45.4 Å². The summed E-state index contributed by atoms with van der Waals surface area (Å²) < 4.78 is 1.17. The molecule has 0 heterocycles. The van der Waals surface area contributed by atoms with Gasteiger partial charge < -0.3 is 10.6 Å². The van der Waals surface area contributed by atoms with E-state index in [0.717, 1.165) is 49.8 Å². The number of carbonyl (C=O) groups is 1. The van der Waals surface area contributed by atoms with Crippen LogP contribution < -0.4 is 10.6 Å². The molecule has 1 aromatic carbocycles. The van der Waals surface area contributed by atoms with Crippen molar-refractivity contribution in [2.75, 3.05) is 11.9 Å². The zero-order chi connectivity index (χ0) is 16.0. The van der Waals surface area contributed by atoms with Crippen molar-refractivity contribution in [3.63, 3.8) is 0 Å². The number of rotatable bonds is 4. The smallest absolute Gasteiger partial charge is 0.240 e. The van der Waals surface area contributed by atoms with Crippen LogP contribution in [-0.4, -0.2) is 18.0 Å². The Bertz CT molecular complexity index is 572. The Morgan fingerprint density at radius 1 is 1.32 bits per heavy atom. The second kappa shape index (κ2) is 7.82. The lowest BCUT2D eigenvalue weighted by Crippen LogP contribution is -2.49. The SMILES string of the molecule is Cc1cc(I)ccc1NCC(=O)NC1(C#N)CCCCCC1. The van der Waals surface area contributed by atoms with E-state index in [1.165, 1.54) is 3.57 Å². The van der Waals surface area contributed by atoms with Gasteiger partial charge in [-0.3, -0.25) is 4.79 Å². The van der Waals surface area contributed by atoms with Gasteiger partial charge >= 0.3 is 0 Å². The fourth-order valence-corrected chi connectivity index (χ4v) is 3.56. The van der Waals surface area contributed by atoms with Crippen molar-refractivity contribution in [3.8, 4) is 6.07 Å². The molecule has 0 aromatic heterocycles. The summed E-state index contributed by atoms with van der Waals surface area (Å²) in [5.41, 5.74) is 1.41. The van der Waals surface area contributed by atoms with Crippen LogP contribution in [0.4, 0.5) is 5.69 Å². The van der Waals surface area contributed by atoms with E-state index < -0.39 is 5.54 Å². The monoisotopic (exact) mass is 411 g/mol. The van der Waals surface area contributed by atoms with Crippen LogP contribution in [0.2, 0.25) is 0 Å². The third-order valence-corrected chi connectivity index (χ3v) is 4.85. The van der Waals surface area contributed by atoms with Gasteiger partial charge in [0.15, 0.2) is 0 Å². The molecule has 1 aliphatic rings. The summed E-state index contributed by atoms with van der Waals surface area (Å²) in [6, 6.07) is 8.41. The Hall–Kier alpha value is -1.29. The fraction of sp³-hybridized carbons (Fsp3) is 0.529. The van der Waals surface area contributed by atoms with Crippen LogP contribution in [0, 0.1) is 21.8 Å². The lowest BCUT2D eigenvalue weighted by atomic mass is 9.92. The summed E-state index contributed by atoms with van der Waals surface area (Å²) in [6.45, 7) is 2.22. The first-order chi connectivity index (χ1) is 10.5. The molecule has 1 aromatic rings. The summed E-state index contributed by atoms with van der Waals surface area (Å²) in [5.74, 6) is -0.110. The van der Waals surface area contributed by atoms with E-state index in [1.807, 2.05) is 19.1 Å². The predicted molar refractivity (Wildman–Crippen MR) is 96.6 cm³/mol. The highest BCUT2D eigenvalue weighted by Crippen LogP contribution is 2.26. The van der Waals surface area contributed by atoms with Gasteiger partial charge in [-0.25, -0.2) is 0 Å². The molecule has 22 heavy (non-hydrogen) atoms. The molecule has 0 radical (unpaired) electrons. The van der Waals surface area contributed by atoms with Gasteiger partial charge in [0.2, 0.25) is 5.91 Å². The summed E-state index contributed by atoms with van der Waals surface area (Å²) in [7, 11) is 0. The van der Waals surface area contributed by atoms with Crippen molar-refractivity contribution in [1.82, 2.24) is 5.32 Å². The Kier molecular flexibility index (Phi) is 6.07. The number of amides is 1. The number of aryl methyl sites for hydroxylation is 1. The maximum absolute atomic E-state index is 12.2. The Labute approximate surface area is 145 Å². The van der Waals surface area contributed by atoms with Gasteiger partial charge in [0.25, 0.3) is 0 Å². The van der Waals surface area contributed by atoms with Crippen molar-refractivity contribution in [2.45, 2.75) is 51.0 Å². The largest absolute Gasteiger partial charge is 0.376 e. The number of hydrogen-bond donors (Lipinski definition) is 2. The number of nitrogens with one attached hydrogen (secondary N) is 2. The highest BCUT2D eigenvalue weighted by Gasteiger charge is 2.32. The van der Waals surface area contributed by atoms with E-state index in [1.54, 1.807) is 0 Å². The average Bonchev–Trinajstić information content (AvgIpc) is 2.72. The Morgan fingerprint density at radius 3 is 2.59 bits per heavy atom. The molecule has 0 atom stereocenters. The highest BCUT2D eigenvalue weighted by molar-refractivity contribution is 14.1. The summed E-state index contributed by atoms with van der Waals surface area (Å²) in [6.07, 6.45) is 5.85. The quantitative estimate of drug-likeness (QED) is 0.586. The highest BCUT2D eigenvalue weighted by atomic mass is 127. The molecule has 1 aliphatic carbocycles. The maximum Gasteiger partial charge on any atom is 0.240 e. The Balaban J connectivity index is 1.93. The van der Waals surface area contributed by atoms with Crippen molar-refractivity contribution >= 4 is 34.2 Å². The molecule has 4 nitrogen and oxygen atoms in total. The minimum atomic E-state index is -0.670. The molecule has 1 amide bonds. The number of halogens is 1. The third kappa shape index (κ3) is 4.60. The number of benzene rings is 1. The number of nitriles is 1. The van der Waals surface area contributed by atoms with E-state index in [0.29, 0.717) is 0 Å². The number of nitrogens with zero attached hydrogens (tertiary/aromatic N) is 1. The minimum absolute atomic E-state index is 0.110. The van der Waals surface area contributed by atoms with Gasteiger partial charge in [-0.2, -0.15) is 5.26 Å². The molecule has 0 bridgehead atoms. The molecule has 0 aliphatic heterocycles. The first-order valence-electron chi connectivity index (χ1n) is 7.77. The summed E-state index contributed by atoms with van der Waals surface area (Å²) in [5, 5.41) is 15.6. The summed E-state index contributed by atoms with van der Waals surface area (Å²) in [4.78, 5) is 12.2. The second-order valence-corrected chi connectivity index (χ2v) is 7.21. The van der Waals surface area contributed by atoms with Gasteiger partial charge in [0.1, 0.15) is 5.54 Å². The van der Waals surface area contributed by atoms with Crippen LogP contribution in [0.25, 0.3) is 0 Å². The number of hydrogen-bond acceptors (Lipinski definition) is 3. The maximum atomic E-state index is 12.2. The van der Waals surface area contributed by atoms with E-state index in [9.17, 15) is 10.1 Å². The molecule has 0 unspecified atom stereocenters. The average molecular weight is 411 g/mol. The van der Waals surface area contributed by atoms with Crippen LogP contribution in [0.1, 0.15) is 44.1 Å². The number of carbonyl (C=O) groups excluding carboxylic acids is 1.